The molecule has 0 bridgehead atoms. The second kappa shape index (κ2) is 8.63. The number of hydrogen-bond acceptors (Lipinski definition) is 3. The van der Waals surface area contributed by atoms with Gasteiger partial charge >= 0.3 is 6.03 Å². The van der Waals surface area contributed by atoms with Crippen molar-refractivity contribution < 1.29 is 9.59 Å². The lowest BCUT2D eigenvalue weighted by molar-refractivity contribution is 0.0940. The van der Waals surface area contributed by atoms with Crippen LogP contribution in [0.4, 0.5) is 21.9 Å². The van der Waals surface area contributed by atoms with Crippen LogP contribution in [0.2, 0.25) is 0 Å². The summed E-state index contributed by atoms with van der Waals surface area (Å²) in [5.74, 6) is -0.199. The number of urea groups is 1. The molecule has 0 aliphatic carbocycles. The van der Waals surface area contributed by atoms with Crippen LogP contribution < -0.4 is 15.5 Å². The molecule has 0 saturated heterocycles. The first kappa shape index (κ1) is 20.0. The summed E-state index contributed by atoms with van der Waals surface area (Å²) in [4.78, 5) is 29.8. The maximum atomic E-state index is 13.4. The minimum absolute atomic E-state index is 0.0548. The Kier molecular flexibility index (Phi) is 5.77. The Morgan fingerprint density at radius 2 is 1.47 bits per heavy atom. The number of carbonyl (C=O) groups excluding carboxylic acids is 2. The molecule has 0 radical (unpaired) electrons. The van der Waals surface area contributed by atoms with Crippen LogP contribution in [0, 0.1) is 0 Å². The summed E-state index contributed by atoms with van der Waals surface area (Å²) in [6.07, 6.45) is 0.833. The third kappa shape index (κ3) is 3.91. The number of fused-ring (bicyclic) bond motifs is 2. The summed E-state index contributed by atoms with van der Waals surface area (Å²) in [6, 6.07) is 22.5. The Hall–Kier alpha value is -3.25. The second-order valence-corrected chi connectivity index (χ2v) is 8.22. The Morgan fingerprint density at radius 3 is 2.10 bits per heavy atom. The van der Waals surface area contributed by atoms with Crippen LogP contribution in [0.1, 0.15) is 30.6 Å². The molecule has 152 valence electrons. The largest absolute Gasteiger partial charge is 0.350 e. The van der Waals surface area contributed by atoms with Crippen LogP contribution in [0.15, 0.2) is 82.6 Å². The molecule has 1 aliphatic rings. The zero-order valence-electron chi connectivity index (χ0n) is 16.9. The van der Waals surface area contributed by atoms with Crippen molar-refractivity contribution in [3.05, 3.63) is 78.4 Å². The van der Waals surface area contributed by atoms with E-state index in [0.717, 1.165) is 27.6 Å². The summed E-state index contributed by atoms with van der Waals surface area (Å²) in [5, 5.41) is 5.91. The number of amides is 3. The number of hydrogen-bond donors (Lipinski definition) is 2. The molecule has 1 heterocycles. The lowest BCUT2D eigenvalue weighted by atomic mass is 10.1. The van der Waals surface area contributed by atoms with E-state index in [1.54, 1.807) is 34.9 Å². The Labute approximate surface area is 180 Å². The minimum Gasteiger partial charge on any atom is -0.350 e. The van der Waals surface area contributed by atoms with E-state index in [0.29, 0.717) is 11.3 Å². The van der Waals surface area contributed by atoms with Gasteiger partial charge in [-0.3, -0.25) is 9.69 Å². The molecule has 4 rings (SSSR count). The van der Waals surface area contributed by atoms with Crippen LogP contribution >= 0.6 is 11.8 Å². The van der Waals surface area contributed by atoms with Crippen molar-refractivity contribution in [2.75, 3.05) is 10.2 Å². The number of anilines is 3. The fraction of sp³-hybridized carbons (Fsp3) is 0.167. The van der Waals surface area contributed by atoms with E-state index in [1.807, 2.05) is 68.4 Å². The quantitative estimate of drug-likeness (QED) is 0.543. The van der Waals surface area contributed by atoms with Crippen molar-refractivity contribution in [1.82, 2.24) is 5.32 Å². The van der Waals surface area contributed by atoms with Crippen molar-refractivity contribution in [2.45, 2.75) is 36.1 Å². The molecule has 3 aromatic rings. The standard InChI is InChI=1S/C24H23N3O2S/c1-3-16(2)25-23(28)17-10-4-5-11-18(17)26-24(29)27-19-12-6-8-14-21(19)30-22-15-9-7-13-20(22)27/h4-16H,3H2,1-2H3,(H,25,28)(H,26,29)/t16-/m1/s1. The molecule has 30 heavy (non-hydrogen) atoms. The SMILES string of the molecule is CC[C@@H](C)NC(=O)c1ccccc1NC(=O)N1c2ccccc2Sc2ccccc21. The molecule has 0 unspecified atom stereocenters. The number of nitrogens with zero attached hydrogens (tertiary/aromatic N) is 1. The minimum atomic E-state index is -0.306. The predicted molar refractivity (Wildman–Crippen MR) is 122 cm³/mol. The summed E-state index contributed by atoms with van der Waals surface area (Å²) in [7, 11) is 0. The van der Waals surface area contributed by atoms with Crippen molar-refractivity contribution >= 4 is 40.8 Å². The summed E-state index contributed by atoms with van der Waals surface area (Å²) in [5.41, 5.74) is 2.57. The highest BCUT2D eigenvalue weighted by Crippen LogP contribution is 2.48. The molecule has 0 saturated carbocycles. The van der Waals surface area contributed by atoms with E-state index in [-0.39, 0.29) is 18.0 Å². The van der Waals surface area contributed by atoms with Gasteiger partial charge in [-0.2, -0.15) is 0 Å². The molecule has 3 aromatic carbocycles. The van der Waals surface area contributed by atoms with Gasteiger partial charge in [0.2, 0.25) is 0 Å². The summed E-state index contributed by atoms with van der Waals surface area (Å²) < 4.78 is 0. The molecule has 1 atom stereocenters. The fourth-order valence-corrected chi connectivity index (χ4v) is 4.35. The molecule has 1 aliphatic heterocycles. The van der Waals surface area contributed by atoms with Crippen molar-refractivity contribution in [3.63, 3.8) is 0 Å². The highest BCUT2D eigenvalue weighted by atomic mass is 32.2. The lowest BCUT2D eigenvalue weighted by Gasteiger charge is -2.31. The normalized spacial score (nSPS) is 13.1. The van der Waals surface area contributed by atoms with Gasteiger partial charge in [0.05, 0.1) is 22.6 Å². The smallest absolute Gasteiger partial charge is 0.331 e. The molecule has 5 nitrogen and oxygen atoms in total. The first-order chi connectivity index (χ1) is 14.6. The zero-order valence-corrected chi connectivity index (χ0v) is 17.7. The van der Waals surface area contributed by atoms with Gasteiger partial charge < -0.3 is 10.6 Å². The van der Waals surface area contributed by atoms with E-state index in [2.05, 4.69) is 10.6 Å². The predicted octanol–water partition coefficient (Wildman–Crippen LogP) is 6.05. The third-order valence-electron chi connectivity index (χ3n) is 5.04. The van der Waals surface area contributed by atoms with Crippen LogP contribution in [-0.2, 0) is 0 Å². The van der Waals surface area contributed by atoms with Crippen molar-refractivity contribution in [1.29, 1.82) is 0 Å². The van der Waals surface area contributed by atoms with E-state index in [4.69, 9.17) is 0 Å². The topological polar surface area (TPSA) is 61.4 Å². The van der Waals surface area contributed by atoms with Crippen LogP contribution in [0.25, 0.3) is 0 Å². The molecular formula is C24H23N3O2S. The monoisotopic (exact) mass is 417 g/mol. The van der Waals surface area contributed by atoms with E-state index in [1.165, 1.54) is 0 Å². The van der Waals surface area contributed by atoms with Gasteiger partial charge in [0, 0.05) is 15.8 Å². The highest BCUT2D eigenvalue weighted by Gasteiger charge is 2.28. The van der Waals surface area contributed by atoms with E-state index in [9.17, 15) is 9.59 Å². The average molecular weight is 418 g/mol. The first-order valence-corrected chi connectivity index (χ1v) is 10.8. The van der Waals surface area contributed by atoms with Gasteiger partial charge in [-0.05, 0) is 49.7 Å². The van der Waals surface area contributed by atoms with E-state index < -0.39 is 0 Å². The second-order valence-electron chi connectivity index (χ2n) is 7.13. The van der Waals surface area contributed by atoms with Crippen LogP contribution in [0.5, 0.6) is 0 Å². The number of para-hydroxylation sites is 3. The van der Waals surface area contributed by atoms with Crippen molar-refractivity contribution in [2.24, 2.45) is 0 Å². The number of carbonyl (C=O) groups is 2. The Morgan fingerprint density at radius 1 is 0.900 bits per heavy atom. The first-order valence-electron chi connectivity index (χ1n) is 9.95. The lowest BCUT2D eigenvalue weighted by Crippen LogP contribution is -2.35. The van der Waals surface area contributed by atoms with Gasteiger partial charge in [0.15, 0.2) is 0 Å². The van der Waals surface area contributed by atoms with Gasteiger partial charge in [0.25, 0.3) is 5.91 Å². The Bertz CT molecular complexity index is 1050. The average Bonchev–Trinajstić information content (AvgIpc) is 2.77. The molecule has 2 N–H and O–H groups in total. The molecule has 0 spiro atoms. The molecule has 6 heteroatoms. The molecule has 3 amide bonds. The molecule has 0 fully saturated rings. The van der Waals surface area contributed by atoms with E-state index >= 15 is 0 Å². The number of benzene rings is 3. The summed E-state index contributed by atoms with van der Waals surface area (Å²) >= 11 is 1.64. The highest BCUT2D eigenvalue weighted by molar-refractivity contribution is 7.99. The van der Waals surface area contributed by atoms with Gasteiger partial charge in [-0.15, -0.1) is 0 Å². The van der Waals surface area contributed by atoms with Crippen molar-refractivity contribution in [3.8, 4) is 0 Å². The van der Waals surface area contributed by atoms with Gasteiger partial charge in [0.1, 0.15) is 0 Å². The fourth-order valence-electron chi connectivity index (χ4n) is 3.29. The maximum absolute atomic E-state index is 13.4. The molecule has 0 aromatic heterocycles. The van der Waals surface area contributed by atoms with Crippen LogP contribution in [-0.4, -0.2) is 18.0 Å². The summed E-state index contributed by atoms with van der Waals surface area (Å²) in [6.45, 7) is 3.97. The maximum Gasteiger partial charge on any atom is 0.331 e. The molecular weight excluding hydrogens is 394 g/mol. The third-order valence-corrected chi connectivity index (χ3v) is 6.17. The number of rotatable bonds is 4. The number of nitrogens with one attached hydrogen (secondary N) is 2. The zero-order chi connectivity index (χ0) is 21.1. The van der Waals surface area contributed by atoms with Gasteiger partial charge in [-0.25, -0.2) is 4.79 Å². The van der Waals surface area contributed by atoms with Gasteiger partial charge in [-0.1, -0.05) is 55.1 Å². The Balaban J connectivity index is 1.67. The van der Waals surface area contributed by atoms with Crippen LogP contribution in [0.3, 0.4) is 0 Å².